The molecule has 17 heavy (non-hydrogen) atoms. The number of nitrogens with one attached hydrogen (secondary N) is 1. The minimum atomic E-state index is -0.700. The number of carbonyl (C=O) groups is 1. The number of hydrogen-bond donors (Lipinski definition) is 2. The standard InChI is InChI=1S/C13H14FNO2/c14-12-8-10(16)6-7-11(12)13(17)15-9-4-2-1-3-5-9/h1-2,6-9,16H,3-5H2,(H,15,17). The SMILES string of the molecule is O=C(NC1CC=CCC1)c1ccc(O)cc1F. The summed E-state index contributed by atoms with van der Waals surface area (Å²) in [6, 6.07) is 3.60. The summed E-state index contributed by atoms with van der Waals surface area (Å²) in [4.78, 5) is 11.8. The fraction of sp³-hybridized carbons (Fsp3) is 0.308. The Morgan fingerprint density at radius 3 is 2.88 bits per heavy atom. The molecule has 1 aromatic carbocycles. The molecule has 1 unspecified atom stereocenters. The predicted octanol–water partition coefficient (Wildman–Crippen LogP) is 2.37. The van der Waals surface area contributed by atoms with Crippen LogP contribution in [0.1, 0.15) is 29.6 Å². The van der Waals surface area contributed by atoms with Crippen molar-refractivity contribution in [3.05, 3.63) is 41.7 Å². The molecule has 0 spiro atoms. The number of allylic oxidation sites excluding steroid dienone is 1. The van der Waals surface area contributed by atoms with Crippen LogP contribution in [0.3, 0.4) is 0 Å². The van der Waals surface area contributed by atoms with Crippen LogP contribution in [0.25, 0.3) is 0 Å². The van der Waals surface area contributed by atoms with E-state index in [1.165, 1.54) is 12.1 Å². The van der Waals surface area contributed by atoms with E-state index < -0.39 is 11.7 Å². The summed E-state index contributed by atoms with van der Waals surface area (Å²) in [7, 11) is 0. The van der Waals surface area contributed by atoms with Gasteiger partial charge in [-0.2, -0.15) is 0 Å². The quantitative estimate of drug-likeness (QED) is 0.773. The van der Waals surface area contributed by atoms with E-state index in [2.05, 4.69) is 11.4 Å². The number of carbonyl (C=O) groups excluding carboxylic acids is 1. The molecule has 1 atom stereocenters. The zero-order valence-electron chi connectivity index (χ0n) is 9.32. The highest BCUT2D eigenvalue weighted by molar-refractivity contribution is 5.94. The molecule has 90 valence electrons. The number of phenols is 1. The van der Waals surface area contributed by atoms with Gasteiger partial charge in [0.05, 0.1) is 5.56 Å². The van der Waals surface area contributed by atoms with Crippen LogP contribution in [0.2, 0.25) is 0 Å². The molecule has 0 radical (unpaired) electrons. The van der Waals surface area contributed by atoms with Crippen LogP contribution in [-0.4, -0.2) is 17.1 Å². The molecule has 4 heteroatoms. The molecule has 0 aliphatic heterocycles. The maximum absolute atomic E-state index is 13.4. The lowest BCUT2D eigenvalue weighted by atomic mass is 10.0. The molecule has 2 rings (SSSR count). The minimum Gasteiger partial charge on any atom is -0.508 e. The van der Waals surface area contributed by atoms with Crippen molar-refractivity contribution >= 4 is 5.91 Å². The van der Waals surface area contributed by atoms with E-state index in [4.69, 9.17) is 5.11 Å². The first-order valence-corrected chi connectivity index (χ1v) is 5.61. The van der Waals surface area contributed by atoms with E-state index in [0.717, 1.165) is 25.3 Å². The van der Waals surface area contributed by atoms with Gasteiger partial charge in [-0.1, -0.05) is 12.2 Å². The average molecular weight is 235 g/mol. The summed E-state index contributed by atoms with van der Waals surface area (Å²) in [5.74, 6) is -1.31. The average Bonchev–Trinajstić information content (AvgIpc) is 2.30. The lowest BCUT2D eigenvalue weighted by Gasteiger charge is -2.19. The summed E-state index contributed by atoms with van der Waals surface area (Å²) in [6.07, 6.45) is 6.68. The molecular weight excluding hydrogens is 221 g/mol. The third kappa shape index (κ3) is 2.84. The first-order valence-electron chi connectivity index (χ1n) is 5.61. The molecule has 3 nitrogen and oxygen atoms in total. The molecule has 1 aromatic rings. The first kappa shape index (κ1) is 11.6. The van der Waals surface area contributed by atoms with Crippen molar-refractivity contribution in [3.8, 4) is 5.75 Å². The fourth-order valence-electron chi connectivity index (χ4n) is 1.88. The van der Waals surface area contributed by atoms with E-state index >= 15 is 0 Å². The third-order valence-electron chi connectivity index (χ3n) is 2.80. The largest absolute Gasteiger partial charge is 0.508 e. The number of amides is 1. The van der Waals surface area contributed by atoms with Crippen LogP contribution in [-0.2, 0) is 0 Å². The molecule has 0 aromatic heterocycles. The monoisotopic (exact) mass is 235 g/mol. The molecule has 0 fully saturated rings. The zero-order chi connectivity index (χ0) is 12.3. The highest BCUT2D eigenvalue weighted by Crippen LogP contribution is 2.16. The summed E-state index contributed by atoms with van der Waals surface area (Å²) >= 11 is 0. The number of halogens is 1. The molecule has 1 amide bonds. The Hall–Kier alpha value is -1.84. The first-order chi connectivity index (χ1) is 8.16. The lowest BCUT2D eigenvalue weighted by Crippen LogP contribution is -2.35. The number of aromatic hydroxyl groups is 1. The van der Waals surface area contributed by atoms with Crippen LogP contribution in [0.15, 0.2) is 30.4 Å². The Morgan fingerprint density at radius 1 is 1.41 bits per heavy atom. The second kappa shape index (κ2) is 4.99. The molecule has 1 aliphatic rings. The number of benzene rings is 1. The van der Waals surface area contributed by atoms with Crippen molar-refractivity contribution in [1.82, 2.24) is 5.32 Å². The van der Waals surface area contributed by atoms with E-state index in [-0.39, 0.29) is 17.4 Å². The highest BCUT2D eigenvalue weighted by Gasteiger charge is 2.17. The van der Waals surface area contributed by atoms with Gasteiger partial charge in [0, 0.05) is 12.1 Å². The van der Waals surface area contributed by atoms with E-state index in [1.807, 2.05) is 6.08 Å². The summed E-state index contributed by atoms with van der Waals surface area (Å²) in [5.41, 5.74) is -0.0302. The molecule has 1 aliphatic carbocycles. The number of hydrogen-bond acceptors (Lipinski definition) is 2. The maximum atomic E-state index is 13.4. The third-order valence-corrected chi connectivity index (χ3v) is 2.80. The van der Waals surface area contributed by atoms with E-state index in [9.17, 15) is 9.18 Å². The summed E-state index contributed by atoms with van der Waals surface area (Å²) < 4.78 is 13.4. The molecule has 0 saturated heterocycles. The second-order valence-corrected chi connectivity index (χ2v) is 4.12. The predicted molar refractivity (Wildman–Crippen MR) is 62.3 cm³/mol. The van der Waals surface area contributed by atoms with Crippen molar-refractivity contribution in [3.63, 3.8) is 0 Å². The number of rotatable bonds is 2. The lowest BCUT2D eigenvalue weighted by molar-refractivity contribution is 0.0930. The van der Waals surface area contributed by atoms with Gasteiger partial charge < -0.3 is 10.4 Å². The van der Waals surface area contributed by atoms with Gasteiger partial charge in [0.15, 0.2) is 0 Å². The summed E-state index contributed by atoms with van der Waals surface area (Å²) in [5, 5.41) is 11.8. The van der Waals surface area contributed by atoms with Crippen LogP contribution in [0.4, 0.5) is 4.39 Å². The van der Waals surface area contributed by atoms with Gasteiger partial charge in [-0.05, 0) is 31.4 Å². The minimum absolute atomic E-state index is 0.0302. The molecular formula is C13H14FNO2. The Kier molecular flexibility index (Phi) is 3.42. The van der Waals surface area contributed by atoms with Crippen molar-refractivity contribution in [2.24, 2.45) is 0 Å². The van der Waals surface area contributed by atoms with Crippen LogP contribution >= 0.6 is 0 Å². The van der Waals surface area contributed by atoms with E-state index in [0.29, 0.717) is 0 Å². The highest BCUT2D eigenvalue weighted by atomic mass is 19.1. The molecule has 0 heterocycles. The molecule has 0 bridgehead atoms. The van der Waals surface area contributed by atoms with Crippen molar-refractivity contribution in [1.29, 1.82) is 0 Å². The van der Waals surface area contributed by atoms with Gasteiger partial charge in [0.25, 0.3) is 5.91 Å². The van der Waals surface area contributed by atoms with Crippen LogP contribution in [0, 0.1) is 5.82 Å². The normalized spacial score (nSPS) is 19.0. The Labute approximate surface area is 99.0 Å². The van der Waals surface area contributed by atoms with E-state index in [1.54, 1.807) is 0 Å². The summed E-state index contributed by atoms with van der Waals surface area (Å²) in [6.45, 7) is 0. The van der Waals surface area contributed by atoms with Gasteiger partial charge in [-0.25, -0.2) is 4.39 Å². The maximum Gasteiger partial charge on any atom is 0.254 e. The Bertz CT molecular complexity index is 457. The Morgan fingerprint density at radius 2 is 2.24 bits per heavy atom. The van der Waals surface area contributed by atoms with Crippen molar-refractivity contribution < 1.29 is 14.3 Å². The zero-order valence-corrected chi connectivity index (χ0v) is 9.32. The molecule has 0 saturated carbocycles. The van der Waals surface area contributed by atoms with Crippen LogP contribution < -0.4 is 5.32 Å². The van der Waals surface area contributed by atoms with Crippen molar-refractivity contribution in [2.45, 2.75) is 25.3 Å². The van der Waals surface area contributed by atoms with Gasteiger partial charge in [0.2, 0.25) is 0 Å². The van der Waals surface area contributed by atoms with Gasteiger partial charge in [-0.15, -0.1) is 0 Å². The van der Waals surface area contributed by atoms with Gasteiger partial charge >= 0.3 is 0 Å². The molecule has 2 N–H and O–H groups in total. The topological polar surface area (TPSA) is 49.3 Å². The smallest absolute Gasteiger partial charge is 0.254 e. The second-order valence-electron chi connectivity index (χ2n) is 4.12. The number of phenolic OH excluding ortho intramolecular Hbond substituents is 1. The van der Waals surface area contributed by atoms with Crippen molar-refractivity contribution in [2.75, 3.05) is 0 Å². The van der Waals surface area contributed by atoms with Gasteiger partial charge in [-0.3, -0.25) is 4.79 Å². The Balaban J connectivity index is 2.06. The van der Waals surface area contributed by atoms with Gasteiger partial charge in [0.1, 0.15) is 11.6 Å². The van der Waals surface area contributed by atoms with Crippen LogP contribution in [0.5, 0.6) is 5.75 Å². The fourth-order valence-corrected chi connectivity index (χ4v) is 1.88.